The molecule has 5 nitrogen and oxygen atoms in total. The summed E-state index contributed by atoms with van der Waals surface area (Å²) < 4.78 is 38.9. The molecule has 21 heavy (non-hydrogen) atoms. The van der Waals surface area contributed by atoms with E-state index in [1.165, 1.54) is 6.07 Å². The van der Waals surface area contributed by atoms with E-state index in [2.05, 4.69) is 0 Å². The number of fused-ring (bicyclic) bond motifs is 1. The second kappa shape index (κ2) is 4.77. The molecule has 1 N–H and O–H groups in total. The van der Waals surface area contributed by atoms with Gasteiger partial charge in [0.1, 0.15) is 12.1 Å². The monoisotopic (exact) mass is 298 g/mol. The molecule has 0 fully saturated rings. The lowest BCUT2D eigenvalue weighted by Crippen LogP contribution is -2.41. The Morgan fingerprint density at radius 3 is 2.57 bits per heavy atom. The van der Waals surface area contributed by atoms with E-state index in [4.69, 9.17) is 10.4 Å². The van der Waals surface area contributed by atoms with Gasteiger partial charge in [0.25, 0.3) is 5.91 Å². The van der Waals surface area contributed by atoms with Gasteiger partial charge in [0.15, 0.2) is 0 Å². The number of rotatable bonds is 2. The summed E-state index contributed by atoms with van der Waals surface area (Å²) in [5, 5.41) is 18.1. The first-order chi connectivity index (χ1) is 9.70. The maximum atomic E-state index is 13.0. The van der Waals surface area contributed by atoms with Gasteiger partial charge in [-0.15, -0.1) is 0 Å². The maximum Gasteiger partial charge on any atom is 0.417 e. The third-order valence-corrected chi connectivity index (χ3v) is 3.32. The van der Waals surface area contributed by atoms with Crippen LogP contribution >= 0.6 is 0 Å². The van der Waals surface area contributed by atoms with Crippen molar-refractivity contribution in [3.8, 4) is 6.07 Å². The molecule has 0 radical (unpaired) electrons. The Labute approximate surface area is 117 Å². The normalized spacial score (nSPS) is 19.1. The summed E-state index contributed by atoms with van der Waals surface area (Å²) in [7, 11) is 0. The van der Waals surface area contributed by atoms with Crippen LogP contribution in [0, 0.1) is 11.3 Å². The van der Waals surface area contributed by atoms with E-state index in [0.29, 0.717) is 4.90 Å². The fourth-order valence-corrected chi connectivity index (χ4v) is 2.32. The van der Waals surface area contributed by atoms with Crippen molar-refractivity contribution >= 4 is 11.9 Å². The number of carbonyl (C=O) groups is 2. The van der Waals surface area contributed by atoms with Crippen LogP contribution in [-0.4, -0.2) is 27.9 Å². The number of alkyl halides is 3. The van der Waals surface area contributed by atoms with Crippen LogP contribution in [0.2, 0.25) is 0 Å². The fraction of sp³-hybridized carbons (Fsp3) is 0.308. The van der Waals surface area contributed by atoms with Crippen molar-refractivity contribution in [2.45, 2.75) is 25.2 Å². The Morgan fingerprint density at radius 2 is 2.10 bits per heavy atom. The number of carboxylic acids is 1. The van der Waals surface area contributed by atoms with Crippen LogP contribution in [0.25, 0.3) is 0 Å². The molecular weight excluding hydrogens is 289 g/mol. The van der Waals surface area contributed by atoms with Crippen LogP contribution in [0.15, 0.2) is 18.2 Å². The molecule has 0 saturated carbocycles. The minimum atomic E-state index is -4.76. The Bertz CT molecular complexity index is 664. The first-order valence-electron chi connectivity index (χ1n) is 5.85. The standard InChI is InChI=1S/C13H9F3N2O3/c1-6(12(20)21)18-9(5-17)7-3-2-4-8(13(14,15)16)10(7)11(18)19/h2-4,6,9H,1H3,(H,20,21). The van der Waals surface area contributed by atoms with E-state index in [1.807, 2.05) is 0 Å². The van der Waals surface area contributed by atoms with Gasteiger partial charge in [-0.1, -0.05) is 12.1 Å². The van der Waals surface area contributed by atoms with Gasteiger partial charge in [0.05, 0.1) is 17.2 Å². The average Bonchev–Trinajstić information content (AvgIpc) is 2.69. The van der Waals surface area contributed by atoms with Gasteiger partial charge >= 0.3 is 12.1 Å². The van der Waals surface area contributed by atoms with Gasteiger partial charge in [-0.25, -0.2) is 4.79 Å². The lowest BCUT2D eigenvalue weighted by molar-refractivity contribution is -0.142. The topological polar surface area (TPSA) is 81.4 Å². The first kappa shape index (κ1) is 14.8. The lowest BCUT2D eigenvalue weighted by Gasteiger charge is -2.24. The quantitative estimate of drug-likeness (QED) is 0.907. The van der Waals surface area contributed by atoms with Crippen molar-refractivity contribution in [1.29, 1.82) is 5.26 Å². The summed E-state index contributed by atoms with van der Waals surface area (Å²) in [5.74, 6) is -2.50. The van der Waals surface area contributed by atoms with E-state index in [1.54, 1.807) is 6.07 Å². The lowest BCUT2D eigenvalue weighted by atomic mass is 9.99. The van der Waals surface area contributed by atoms with Crippen molar-refractivity contribution in [1.82, 2.24) is 4.90 Å². The molecule has 0 aromatic heterocycles. The molecule has 0 spiro atoms. The number of aliphatic carboxylic acids is 1. The molecular formula is C13H9F3N2O3. The Morgan fingerprint density at radius 1 is 1.48 bits per heavy atom. The van der Waals surface area contributed by atoms with Crippen molar-refractivity contribution in [2.75, 3.05) is 0 Å². The molecule has 1 aromatic carbocycles. The highest BCUT2D eigenvalue weighted by molar-refractivity contribution is 6.03. The van der Waals surface area contributed by atoms with Crippen LogP contribution in [0.1, 0.15) is 34.5 Å². The van der Waals surface area contributed by atoms with Crippen LogP contribution < -0.4 is 0 Å². The SMILES string of the molecule is CC(C(=O)O)N1C(=O)c2c(cccc2C(F)(F)F)C1C#N. The predicted octanol–water partition coefficient (Wildman–Crippen LogP) is 2.20. The highest BCUT2D eigenvalue weighted by Crippen LogP contribution is 2.42. The highest BCUT2D eigenvalue weighted by Gasteiger charge is 2.47. The number of nitriles is 1. The molecule has 0 aliphatic carbocycles. The number of benzene rings is 1. The highest BCUT2D eigenvalue weighted by atomic mass is 19.4. The van der Waals surface area contributed by atoms with E-state index < -0.39 is 41.3 Å². The maximum absolute atomic E-state index is 13.0. The molecule has 2 atom stereocenters. The van der Waals surface area contributed by atoms with Gasteiger partial charge in [0, 0.05) is 5.56 Å². The predicted molar refractivity (Wildman–Crippen MR) is 63.1 cm³/mol. The Balaban J connectivity index is 2.65. The summed E-state index contributed by atoms with van der Waals surface area (Å²) in [6, 6.07) is 1.99. The molecule has 0 saturated heterocycles. The number of hydrogen-bond donors (Lipinski definition) is 1. The summed E-state index contributed by atoms with van der Waals surface area (Å²) in [6.45, 7) is 1.14. The summed E-state index contributed by atoms with van der Waals surface area (Å²) in [4.78, 5) is 23.8. The molecule has 1 amide bonds. The Hall–Kier alpha value is -2.56. The zero-order valence-electron chi connectivity index (χ0n) is 10.7. The molecule has 8 heteroatoms. The molecule has 2 unspecified atom stereocenters. The van der Waals surface area contributed by atoms with Gasteiger partial charge < -0.3 is 10.0 Å². The zero-order chi connectivity index (χ0) is 15.9. The molecule has 1 aliphatic rings. The molecule has 2 rings (SSSR count). The minimum Gasteiger partial charge on any atom is -0.480 e. The molecule has 1 aliphatic heterocycles. The number of carbonyl (C=O) groups excluding carboxylic acids is 1. The van der Waals surface area contributed by atoms with E-state index in [-0.39, 0.29) is 5.56 Å². The van der Waals surface area contributed by atoms with Crippen molar-refractivity contribution < 1.29 is 27.9 Å². The van der Waals surface area contributed by atoms with Crippen LogP contribution in [0.5, 0.6) is 0 Å². The third-order valence-electron chi connectivity index (χ3n) is 3.32. The number of carboxylic acid groups (broad SMARTS) is 1. The summed E-state index contributed by atoms with van der Waals surface area (Å²) >= 11 is 0. The van der Waals surface area contributed by atoms with Crippen molar-refractivity contribution in [3.63, 3.8) is 0 Å². The van der Waals surface area contributed by atoms with E-state index >= 15 is 0 Å². The van der Waals surface area contributed by atoms with Gasteiger partial charge in [0.2, 0.25) is 0 Å². The molecule has 0 bridgehead atoms. The first-order valence-corrected chi connectivity index (χ1v) is 5.85. The third kappa shape index (κ3) is 2.20. The van der Waals surface area contributed by atoms with Crippen LogP contribution in [0.4, 0.5) is 13.2 Å². The fourth-order valence-electron chi connectivity index (χ4n) is 2.32. The number of amides is 1. The minimum absolute atomic E-state index is 0.120. The van der Waals surface area contributed by atoms with Gasteiger partial charge in [-0.05, 0) is 13.0 Å². The number of halogens is 3. The largest absolute Gasteiger partial charge is 0.480 e. The summed E-state index contributed by atoms with van der Waals surface area (Å²) in [5.41, 5.74) is -1.93. The van der Waals surface area contributed by atoms with Crippen molar-refractivity contribution in [3.05, 3.63) is 34.9 Å². The van der Waals surface area contributed by atoms with Crippen molar-refractivity contribution in [2.24, 2.45) is 0 Å². The number of hydrogen-bond acceptors (Lipinski definition) is 3. The molecule has 110 valence electrons. The van der Waals surface area contributed by atoms with Crippen LogP contribution in [-0.2, 0) is 11.0 Å². The van der Waals surface area contributed by atoms with Gasteiger partial charge in [-0.2, -0.15) is 18.4 Å². The second-order valence-corrected chi connectivity index (χ2v) is 4.53. The molecule has 1 aromatic rings. The Kier molecular flexibility index (Phi) is 3.37. The average molecular weight is 298 g/mol. The zero-order valence-corrected chi connectivity index (χ0v) is 10.7. The van der Waals surface area contributed by atoms with E-state index in [9.17, 15) is 22.8 Å². The summed E-state index contributed by atoms with van der Waals surface area (Å²) in [6.07, 6.45) is -4.76. The number of nitrogens with zero attached hydrogens (tertiary/aromatic N) is 2. The molecule has 1 heterocycles. The second-order valence-electron chi connectivity index (χ2n) is 4.53. The van der Waals surface area contributed by atoms with Crippen LogP contribution in [0.3, 0.4) is 0 Å². The smallest absolute Gasteiger partial charge is 0.417 e. The van der Waals surface area contributed by atoms with E-state index in [0.717, 1.165) is 19.1 Å². The van der Waals surface area contributed by atoms with Gasteiger partial charge in [-0.3, -0.25) is 4.79 Å².